The highest BCUT2D eigenvalue weighted by molar-refractivity contribution is 5.02. The fourth-order valence-electron chi connectivity index (χ4n) is 4.46. The standard InChI is InChI=1S/C15H29N3/c16-13-15(18-9-3-1-2-4-10-18)7-11-17-8-5-6-14(17)12-15/h14H,1-13,16H2. The SMILES string of the molecule is NCC1(N2CCCCCC2)CCN2CCCC2C1. The van der Waals surface area contributed by atoms with Gasteiger partial charge < -0.3 is 10.6 Å². The predicted molar refractivity (Wildman–Crippen MR) is 75.7 cm³/mol. The number of piperidine rings is 1. The Hall–Kier alpha value is -0.120. The molecule has 18 heavy (non-hydrogen) atoms. The lowest BCUT2D eigenvalue weighted by molar-refractivity contribution is 0.0122. The molecule has 3 heteroatoms. The molecule has 0 bridgehead atoms. The highest BCUT2D eigenvalue weighted by Crippen LogP contribution is 2.37. The van der Waals surface area contributed by atoms with Gasteiger partial charge in [0.1, 0.15) is 0 Å². The van der Waals surface area contributed by atoms with Crippen LogP contribution < -0.4 is 5.73 Å². The molecule has 0 aromatic rings. The van der Waals surface area contributed by atoms with E-state index in [0.717, 1.165) is 12.6 Å². The van der Waals surface area contributed by atoms with Crippen molar-refractivity contribution in [2.75, 3.05) is 32.7 Å². The van der Waals surface area contributed by atoms with E-state index in [0.29, 0.717) is 5.54 Å². The van der Waals surface area contributed by atoms with Crippen molar-refractivity contribution in [1.29, 1.82) is 0 Å². The van der Waals surface area contributed by atoms with Gasteiger partial charge in [-0.25, -0.2) is 0 Å². The van der Waals surface area contributed by atoms with Crippen LogP contribution in [0, 0.1) is 0 Å². The van der Waals surface area contributed by atoms with Crippen LogP contribution in [0.4, 0.5) is 0 Å². The molecular formula is C15H29N3. The van der Waals surface area contributed by atoms with Gasteiger partial charge >= 0.3 is 0 Å². The molecule has 2 unspecified atom stereocenters. The molecule has 0 amide bonds. The third kappa shape index (κ3) is 2.33. The van der Waals surface area contributed by atoms with Crippen molar-refractivity contribution in [1.82, 2.24) is 9.80 Å². The zero-order valence-corrected chi connectivity index (χ0v) is 11.7. The van der Waals surface area contributed by atoms with Gasteiger partial charge in [-0.3, -0.25) is 4.90 Å². The van der Waals surface area contributed by atoms with E-state index < -0.39 is 0 Å². The highest BCUT2D eigenvalue weighted by atomic mass is 15.3. The number of rotatable bonds is 2. The lowest BCUT2D eigenvalue weighted by Gasteiger charge is -2.50. The van der Waals surface area contributed by atoms with E-state index in [1.807, 2.05) is 0 Å². The maximum atomic E-state index is 6.24. The van der Waals surface area contributed by atoms with Crippen LogP contribution in [0.25, 0.3) is 0 Å². The van der Waals surface area contributed by atoms with Crippen molar-refractivity contribution in [2.24, 2.45) is 5.73 Å². The molecule has 0 spiro atoms. The lowest BCUT2D eigenvalue weighted by Crippen LogP contribution is -2.61. The van der Waals surface area contributed by atoms with E-state index in [4.69, 9.17) is 5.73 Å². The summed E-state index contributed by atoms with van der Waals surface area (Å²) in [5, 5.41) is 0. The van der Waals surface area contributed by atoms with Gasteiger partial charge in [0.15, 0.2) is 0 Å². The molecule has 104 valence electrons. The Kier molecular flexibility index (Phi) is 3.92. The van der Waals surface area contributed by atoms with Crippen LogP contribution in [0.15, 0.2) is 0 Å². The first-order valence-electron chi connectivity index (χ1n) is 8.03. The quantitative estimate of drug-likeness (QED) is 0.812. The molecule has 3 aliphatic heterocycles. The van der Waals surface area contributed by atoms with Gasteiger partial charge in [0.05, 0.1) is 0 Å². The summed E-state index contributed by atoms with van der Waals surface area (Å²) < 4.78 is 0. The van der Waals surface area contributed by atoms with Crippen LogP contribution in [0.1, 0.15) is 51.4 Å². The molecule has 3 heterocycles. The molecule has 0 aromatic carbocycles. The van der Waals surface area contributed by atoms with Gasteiger partial charge in [-0.2, -0.15) is 0 Å². The average Bonchev–Trinajstić information content (AvgIpc) is 2.69. The van der Waals surface area contributed by atoms with E-state index in [1.165, 1.54) is 77.5 Å². The second-order valence-electron chi connectivity index (χ2n) is 6.62. The molecule has 0 aromatic heterocycles. The molecule has 2 N–H and O–H groups in total. The first kappa shape index (κ1) is 12.9. The maximum absolute atomic E-state index is 6.24. The Balaban J connectivity index is 1.72. The minimum atomic E-state index is 0.343. The molecule has 3 aliphatic rings. The van der Waals surface area contributed by atoms with Gasteiger partial charge in [-0.05, 0) is 58.2 Å². The van der Waals surface area contributed by atoms with Crippen LogP contribution in [0.2, 0.25) is 0 Å². The smallest absolute Gasteiger partial charge is 0.0358 e. The normalized spacial score (nSPS) is 39.5. The monoisotopic (exact) mass is 251 g/mol. The van der Waals surface area contributed by atoms with E-state index in [2.05, 4.69) is 9.80 Å². The topological polar surface area (TPSA) is 32.5 Å². The van der Waals surface area contributed by atoms with Crippen LogP contribution in [0.5, 0.6) is 0 Å². The summed E-state index contributed by atoms with van der Waals surface area (Å²) in [6.45, 7) is 6.09. The van der Waals surface area contributed by atoms with Crippen LogP contribution in [0.3, 0.4) is 0 Å². The van der Waals surface area contributed by atoms with Gasteiger partial charge in [0.25, 0.3) is 0 Å². The summed E-state index contributed by atoms with van der Waals surface area (Å²) in [5.41, 5.74) is 6.59. The zero-order valence-electron chi connectivity index (χ0n) is 11.7. The van der Waals surface area contributed by atoms with E-state index in [1.54, 1.807) is 0 Å². The zero-order chi connectivity index (χ0) is 12.4. The molecule has 0 saturated carbocycles. The highest BCUT2D eigenvalue weighted by Gasteiger charge is 2.44. The van der Waals surface area contributed by atoms with Crippen molar-refractivity contribution < 1.29 is 0 Å². The van der Waals surface area contributed by atoms with Crippen molar-refractivity contribution >= 4 is 0 Å². The van der Waals surface area contributed by atoms with Crippen molar-refractivity contribution in [3.8, 4) is 0 Å². The molecule has 3 nitrogen and oxygen atoms in total. The summed E-state index contributed by atoms with van der Waals surface area (Å²) in [7, 11) is 0. The Labute approximate surface area is 112 Å². The first-order chi connectivity index (χ1) is 8.84. The summed E-state index contributed by atoms with van der Waals surface area (Å²) in [6.07, 6.45) is 11.1. The van der Waals surface area contributed by atoms with Crippen molar-refractivity contribution in [3.05, 3.63) is 0 Å². The lowest BCUT2D eigenvalue weighted by atomic mass is 9.81. The third-order valence-corrected chi connectivity index (χ3v) is 5.64. The van der Waals surface area contributed by atoms with E-state index >= 15 is 0 Å². The number of hydrogen-bond donors (Lipinski definition) is 1. The van der Waals surface area contributed by atoms with Gasteiger partial charge in [0.2, 0.25) is 0 Å². The van der Waals surface area contributed by atoms with Crippen LogP contribution >= 0.6 is 0 Å². The Morgan fingerprint density at radius 1 is 0.944 bits per heavy atom. The van der Waals surface area contributed by atoms with E-state index in [9.17, 15) is 0 Å². The Morgan fingerprint density at radius 3 is 2.44 bits per heavy atom. The second kappa shape index (κ2) is 5.48. The Morgan fingerprint density at radius 2 is 1.72 bits per heavy atom. The maximum Gasteiger partial charge on any atom is 0.0358 e. The molecule has 3 fully saturated rings. The van der Waals surface area contributed by atoms with Crippen LogP contribution in [-0.4, -0.2) is 54.1 Å². The Bertz CT molecular complexity index is 273. The average molecular weight is 251 g/mol. The number of nitrogens with zero attached hydrogens (tertiary/aromatic N) is 2. The molecule has 3 rings (SSSR count). The summed E-state index contributed by atoms with van der Waals surface area (Å²) in [4.78, 5) is 5.49. The minimum absolute atomic E-state index is 0.343. The van der Waals surface area contributed by atoms with Gasteiger partial charge in [-0.15, -0.1) is 0 Å². The summed E-state index contributed by atoms with van der Waals surface area (Å²) in [6, 6.07) is 0.838. The first-order valence-corrected chi connectivity index (χ1v) is 8.03. The van der Waals surface area contributed by atoms with E-state index in [-0.39, 0.29) is 0 Å². The molecular weight excluding hydrogens is 222 g/mol. The third-order valence-electron chi connectivity index (χ3n) is 5.64. The molecule has 0 aliphatic carbocycles. The molecule has 3 saturated heterocycles. The van der Waals surface area contributed by atoms with Crippen LogP contribution in [-0.2, 0) is 0 Å². The fourth-order valence-corrected chi connectivity index (χ4v) is 4.46. The molecule has 2 atom stereocenters. The minimum Gasteiger partial charge on any atom is -0.329 e. The summed E-state index contributed by atoms with van der Waals surface area (Å²) >= 11 is 0. The number of likely N-dealkylation sites (tertiary alicyclic amines) is 1. The number of nitrogens with two attached hydrogens (primary N) is 1. The van der Waals surface area contributed by atoms with Crippen molar-refractivity contribution in [2.45, 2.75) is 62.9 Å². The fraction of sp³-hybridized carbons (Fsp3) is 1.00. The largest absolute Gasteiger partial charge is 0.329 e. The predicted octanol–water partition coefficient (Wildman–Crippen LogP) is 1.82. The summed E-state index contributed by atoms with van der Waals surface area (Å²) in [5.74, 6) is 0. The molecule has 0 radical (unpaired) electrons. The second-order valence-corrected chi connectivity index (χ2v) is 6.62. The van der Waals surface area contributed by atoms with Crippen molar-refractivity contribution in [3.63, 3.8) is 0 Å². The van der Waals surface area contributed by atoms with Gasteiger partial charge in [-0.1, -0.05) is 12.8 Å². The number of fused-ring (bicyclic) bond motifs is 1. The van der Waals surface area contributed by atoms with Gasteiger partial charge in [0, 0.05) is 24.7 Å². The number of hydrogen-bond acceptors (Lipinski definition) is 3.